The largest absolute Gasteiger partial charge is 0.486 e. The third kappa shape index (κ3) is 8.81. The van der Waals surface area contributed by atoms with Gasteiger partial charge in [-0.25, -0.2) is 9.97 Å². The molecule has 0 unspecified atom stereocenters. The van der Waals surface area contributed by atoms with Gasteiger partial charge in [-0.3, -0.25) is 4.98 Å². The van der Waals surface area contributed by atoms with Crippen LogP contribution in [0, 0.1) is 19.0 Å². The first-order valence-electron chi connectivity index (χ1n) is 24.9. The number of rotatable bonds is 6. The number of aryl methyl sites for hydroxylation is 1. The van der Waals surface area contributed by atoms with Crippen LogP contribution in [0.25, 0.3) is 94.6 Å². The topological polar surface area (TPSA) is 82.8 Å². The third-order valence-corrected chi connectivity index (χ3v) is 12.6. The van der Waals surface area contributed by atoms with Gasteiger partial charge in [0, 0.05) is 52.3 Å². The number of aromatic nitrogens is 5. The van der Waals surface area contributed by atoms with Crippen molar-refractivity contribution in [3.63, 3.8) is 0 Å². The molecule has 0 saturated heterocycles. The summed E-state index contributed by atoms with van der Waals surface area (Å²) in [4.78, 5) is 19.4. The van der Waals surface area contributed by atoms with E-state index in [4.69, 9.17) is 27.9 Å². The number of fused-ring (bicyclic) bond motifs is 7. The molecule has 0 amide bonds. The third-order valence-electron chi connectivity index (χ3n) is 12.6. The van der Waals surface area contributed by atoms with E-state index in [1.807, 2.05) is 72.9 Å². The summed E-state index contributed by atoms with van der Waals surface area (Å²) in [6.07, 6.45) is 1.87. The average molecular weight is 1090 g/mol. The Labute approximate surface area is 422 Å². The van der Waals surface area contributed by atoms with Gasteiger partial charge in [0.1, 0.15) is 11.0 Å². The number of hydrogen-bond donors (Lipinski definition) is 0. The Kier molecular flexibility index (Phi) is 11.6. The van der Waals surface area contributed by atoms with Crippen molar-refractivity contribution in [3.8, 4) is 39.5 Å². The van der Waals surface area contributed by atoms with Gasteiger partial charge in [-0.1, -0.05) is 142 Å². The van der Waals surface area contributed by atoms with Crippen LogP contribution in [0.1, 0.15) is 113 Å². The molecule has 0 aliphatic carbocycles. The molecular weight excluding hydrogens is 1030 g/mol. The van der Waals surface area contributed by atoms with E-state index in [1.165, 1.54) is 16.7 Å². The van der Waals surface area contributed by atoms with E-state index in [1.54, 1.807) is 6.07 Å². The Bertz CT molecular complexity index is 3750. The molecule has 349 valence electrons. The minimum atomic E-state index is -2.45. The van der Waals surface area contributed by atoms with Gasteiger partial charge >= 0.3 is 0 Å². The van der Waals surface area contributed by atoms with E-state index in [-0.39, 0.29) is 48.3 Å². The number of furan rings is 1. The van der Waals surface area contributed by atoms with Crippen LogP contribution in [-0.2, 0) is 30.9 Å². The molecule has 0 saturated carbocycles. The van der Waals surface area contributed by atoms with E-state index < -0.39 is 6.85 Å². The van der Waals surface area contributed by atoms with Crippen LogP contribution in [0.3, 0.4) is 0 Å². The van der Waals surface area contributed by atoms with Crippen molar-refractivity contribution in [2.45, 2.75) is 98.8 Å². The van der Waals surface area contributed by atoms with E-state index in [0.717, 1.165) is 44.5 Å². The van der Waals surface area contributed by atoms with Gasteiger partial charge in [0.2, 0.25) is 11.6 Å². The fourth-order valence-corrected chi connectivity index (χ4v) is 8.98. The Hall–Kier alpha value is -6.73. The summed E-state index contributed by atoms with van der Waals surface area (Å²) in [7, 11) is 0. The van der Waals surface area contributed by atoms with Crippen LogP contribution in [-0.4, -0.2) is 24.5 Å². The zero-order valence-electron chi connectivity index (χ0n) is 43.7. The number of nitrogens with zero attached hydrogens (tertiary/aromatic N) is 5. The molecule has 11 rings (SSSR count). The standard InChI is InChI=1S/C46H41N4O2.C15H16N.Ir/c1-25(2)32-23-30(28-14-10-9-11-15-28)24-33(26(3)4)40(32)50-37-17-13-12-16-35(37)47-43(50)31-20-18-27(5)38-34-22-29-19-21-36-42(52-45(48-36)46(6,7)8)39(29)49-44(34)51-41(31)38;1-15(2,3)13-9-10-16-14(11-13)12-7-5-4-6-8-12;/h9-19,21-26H,1-8H3;4-7,9-11H,1-3H3;/q2*-1;/i5D3;;. The Morgan fingerprint density at radius 3 is 2.07 bits per heavy atom. The first kappa shape index (κ1) is 43.5. The number of pyridine rings is 2. The second-order valence-electron chi connectivity index (χ2n) is 20.4. The molecule has 0 bridgehead atoms. The number of imidazole rings is 1. The smallest absolute Gasteiger partial charge is 0.216 e. The van der Waals surface area contributed by atoms with Gasteiger partial charge in [0.05, 0.1) is 22.4 Å². The summed E-state index contributed by atoms with van der Waals surface area (Å²) in [5, 5.41) is 1.86. The molecule has 8 heteroatoms. The van der Waals surface area contributed by atoms with Crippen LogP contribution < -0.4 is 0 Å². The van der Waals surface area contributed by atoms with Crippen molar-refractivity contribution in [2.75, 3.05) is 0 Å². The summed E-state index contributed by atoms with van der Waals surface area (Å²) in [6, 6.07) is 49.3. The van der Waals surface area contributed by atoms with Crippen LogP contribution >= 0.6 is 0 Å². The van der Waals surface area contributed by atoms with Crippen molar-refractivity contribution in [1.82, 2.24) is 24.5 Å². The number of para-hydroxylation sites is 2. The van der Waals surface area contributed by atoms with Crippen molar-refractivity contribution >= 4 is 55.1 Å². The molecular formula is C61H57IrN5O2-2. The maximum Gasteiger partial charge on any atom is 0.216 e. The molecule has 0 spiro atoms. The number of oxazole rings is 1. The van der Waals surface area contributed by atoms with E-state index in [0.29, 0.717) is 56.0 Å². The minimum absolute atomic E-state index is 0. The molecule has 7 nitrogen and oxygen atoms in total. The van der Waals surface area contributed by atoms with Crippen molar-refractivity contribution in [1.29, 1.82) is 0 Å². The van der Waals surface area contributed by atoms with Gasteiger partial charge in [0.15, 0.2) is 5.58 Å². The van der Waals surface area contributed by atoms with Crippen molar-refractivity contribution in [3.05, 3.63) is 174 Å². The zero-order valence-corrected chi connectivity index (χ0v) is 43.1. The molecule has 5 heterocycles. The normalized spacial score (nSPS) is 13.0. The zero-order chi connectivity index (χ0) is 50.1. The Morgan fingerprint density at radius 2 is 1.39 bits per heavy atom. The number of benzene rings is 6. The quantitative estimate of drug-likeness (QED) is 0.154. The summed E-state index contributed by atoms with van der Waals surface area (Å²) in [5.74, 6) is 1.55. The second kappa shape index (κ2) is 18.3. The molecule has 6 aromatic carbocycles. The SMILES string of the molecule is CC(C)(C)c1ccnc(-c2[c-]cccc2)c1.[2H]C([2H])([2H])c1c[c-]c(-c2nc3ccccc3n2-c2c(C(C)C)cc(-c3ccccc3)cc2C(C)C)c2oc3nc4c(ccc5nc(C(C)(C)C)oc54)cc3c12.[Ir]. The van der Waals surface area contributed by atoms with Crippen LogP contribution in [0.15, 0.2) is 142 Å². The molecule has 0 N–H and O–H groups in total. The monoisotopic (exact) mass is 1090 g/mol. The van der Waals surface area contributed by atoms with E-state index in [9.17, 15) is 0 Å². The fraction of sp³-hybridized carbons (Fsp3) is 0.246. The number of hydrogen-bond acceptors (Lipinski definition) is 6. The van der Waals surface area contributed by atoms with Crippen molar-refractivity contribution < 1.29 is 33.1 Å². The van der Waals surface area contributed by atoms with Gasteiger partial charge in [0.25, 0.3) is 0 Å². The maximum absolute atomic E-state index is 8.59. The van der Waals surface area contributed by atoms with Gasteiger partial charge in [-0.2, -0.15) is 0 Å². The fourth-order valence-electron chi connectivity index (χ4n) is 8.98. The molecule has 0 aliphatic rings. The maximum atomic E-state index is 8.59. The minimum Gasteiger partial charge on any atom is -0.486 e. The predicted octanol–water partition coefficient (Wildman–Crippen LogP) is 16.4. The summed E-state index contributed by atoms with van der Waals surface area (Å²) >= 11 is 0. The summed E-state index contributed by atoms with van der Waals surface area (Å²) < 4.78 is 41.0. The first-order chi connectivity index (χ1) is 33.8. The van der Waals surface area contributed by atoms with Gasteiger partial charge < -0.3 is 18.4 Å². The molecule has 69 heavy (non-hydrogen) atoms. The molecule has 5 aromatic heterocycles. The first-order valence-corrected chi connectivity index (χ1v) is 23.4. The summed E-state index contributed by atoms with van der Waals surface area (Å²) in [5.41, 5.74) is 13.9. The Balaban J connectivity index is 0.000000321. The summed E-state index contributed by atoms with van der Waals surface area (Å²) in [6.45, 7) is 19.2. The molecule has 0 aliphatic heterocycles. The molecule has 1 radical (unpaired) electrons. The molecule has 0 atom stereocenters. The van der Waals surface area contributed by atoms with Crippen molar-refractivity contribution in [2.24, 2.45) is 0 Å². The van der Waals surface area contributed by atoms with Crippen LogP contribution in [0.5, 0.6) is 0 Å². The Morgan fingerprint density at radius 1 is 0.667 bits per heavy atom. The molecule has 0 fully saturated rings. The molecule has 11 aromatic rings. The van der Waals surface area contributed by atoms with Crippen LogP contribution in [0.2, 0.25) is 0 Å². The van der Waals surface area contributed by atoms with E-state index in [2.05, 4.69) is 146 Å². The van der Waals surface area contributed by atoms with Crippen LogP contribution in [0.4, 0.5) is 0 Å². The van der Waals surface area contributed by atoms with E-state index >= 15 is 0 Å². The average Bonchev–Trinajstić information content (AvgIpc) is 4.07. The predicted molar refractivity (Wildman–Crippen MR) is 280 cm³/mol. The van der Waals surface area contributed by atoms with Gasteiger partial charge in [-0.15, -0.1) is 53.6 Å². The second-order valence-corrected chi connectivity index (χ2v) is 20.4. The van der Waals surface area contributed by atoms with Gasteiger partial charge in [-0.05, 0) is 93.2 Å².